The number of amides is 4. The van der Waals surface area contributed by atoms with Crippen molar-refractivity contribution in [3.63, 3.8) is 0 Å². The summed E-state index contributed by atoms with van der Waals surface area (Å²) in [7, 11) is 0. The van der Waals surface area contributed by atoms with Crippen molar-refractivity contribution in [2.45, 2.75) is 24.8 Å². The van der Waals surface area contributed by atoms with Crippen LogP contribution in [-0.4, -0.2) is 41.4 Å². The van der Waals surface area contributed by atoms with Gasteiger partial charge in [-0.1, -0.05) is 30.3 Å². The lowest BCUT2D eigenvalue weighted by Crippen LogP contribution is -2.51. The van der Waals surface area contributed by atoms with E-state index in [0.29, 0.717) is 19.4 Å². The van der Waals surface area contributed by atoms with Crippen LogP contribution in [0.3, 0.4) is 0 Å². The molecule has 1 atom stereocenters. The average molecular weight is 313 g/mol. The van der Waals surface area contributed by atoms with Crippen LogP contribution < -0.4 is 10.6 Å². The van der Waals surface area contributed by atoms with Crippen LogP contribution in [0.2, 0.25) is 0 Å². The van der Waals surface area contributed by atoms with Gasteiger partial charge in [0.1, 0.15) is 12.1 Å². The van der Waals surface area contributed by atoms with Gasteiger partial charge in [-0.15, -0.1) is 6.58 Å². The average Bonchev–Trinajstić information content (AvgIpc) is 2.77. The number of fused-ring (bicyclic) bond motifs is 1. The number of hydrogen-bond acceptors (Lipinski definition) is 3. The van der Waals surface area contributed by atoms with Crippen LogP contribution in [0.25, 0.3) is 0 Å². The fourth-order valence-electron chi connectivity index (χ4n) is 3.23. The lowest BCUT2D eigenvalue weighted by molar-refractivity contribution is -0.135. The molecule has 6 heteroatoms. The van der Waals surface area contributed by atoms with E-state index in [4.69, 9.17) is 0 Å². The van der Waals surface area contributed by atoms with Crippen LogP contribution in [0.1, 0.15) is 17.5 Å². The van der Waals surface area contributed by atoms with Gasteiger partial charge in [0.25, 0.3) is 5.91 Å². The second-order valence-electron chi connectivity index (χ2n) is 5.94. The number of aryl methyl sites for hydroxylation is 1. The van der Waals surface area contributed by atoms with E-state index in [9.17, 15) is 14.4 Å². The highest BCUT2D eigenvalue weighted by molar-refractivity contribution is 6.09. The van der Waals surface area contributed by atoms with Crippen LogP contribution in [-0.2, 0) is 22.4 Å². The normalized spacial score (nSPS) is 22.7. The summed E-state index contributed by atoms with van der Waals surface area (Å²) in [5.74, 6) is -0.688. The fraction of sp³-hybridized carbons (Fsp3) is 0.353. The SMILES string of the molecule is C=CCNC(=O)CN1C(=O)NC2(CCc3ccccc3C2)C1=O. The third-order valence-corrected chi connectivity index (χ3v) is 4.42. The molecule has 1 aliphatic carbocycles. The molecule has 0 aromatic heterocycles. The fourth-order valence-corrected chi connectivity index (χ4v) is 3.23. The molecule has 1 fully saturated rings. The van der Waals surface area contributed by atoms with Crippen LogP contribution in [0, 0.1) is 0 Å². The molecular formula is C17H19N3O3. The van der Waals surface area contributed by atoms with Crippen LogP contribution in [0.4, 0.5) is 4.79 Å². The first-order valence-corrected chi connectivity index (χ1v) is 7.64. The molecule has 23 heavy (non-hydrogen) atoms. The molecule has 1 aromatic carbocycles. The molecule has 0 bridgehead atoms. The minimum Gasteiger partial charge on any atom is -0.351 e. The first-order chi connectivity index (χ1) is 11.1. The molecule has 1 spiro atoms. The van der Waals surface area contributed by atoms with Crippen molar-refractivity contribution in [1.82, 2.24) is 15.5 Å². The zero-order chi connectivity index (χ0) is 16.4. The molecule has 1 unspecified atom stereocenters. The molecule has 1 heterocycles. The van der Waals surface area contributed by atoms with E-state index in [1.807, 2.05) is 24.3 Å². The van der Waals surface area contributed by atoms with E-state index in [0.717, 1.165) is 16.9 Å². The smallest absolute Gasteiger partial charge is 0.325 e. The Hall–Kier alpha value is -2.63. The molecule has 4 amide bonds. The summed E-state index contributed by atoms with van der Waals surface area (Å²) >= 11 is 0. The summed E-state index contributed by atoms with van der Waals surface area (Å²) < 4.78 is 0. The second-order valence-corrected chi connectivity index (χ2v) is 5.94. The molecule has 0 saturated carbocycles. The van der Waals surface area contributed by atoms with Crippen LogP contribution in [0.5, 0.6) is 0 Å². The molecule has 0 radical (unpaired) electrons. The Morgan fingerprint density at radius 3 is 2.83 bits per heavy atom. The zero-order valence-corrected chi connectivity index (χ0v) is 12.8. The van der Waals surface area contributed by atoms with E-state index in [2.05, 4.69) is 17.2 Å². The topological polar surface area (TPSA) is 78.5 Å². The number of urea groups is 1. The Balaban J connectivity index is 1.76. The Morgan fingerprint density at radius 1 is 1.35 bits per heavy atom. The highest BCUT2D eigenvalue weighted by atomic mass is 16.2. The van der Waals surface area contributed by atoms with Gasteiger partial charge < -0.3 is 10.6 Å². The van der Waals surface area contributed by atoms with Crippen molar-refractivity contribution < 1.29 is 14.4 Å². The second kappa shape index (κ2) is 5.87. The van der Waals surface area contributed by atoms with E-state index in [1.54, 1.807) is 6.08 Å². The van der Waals surface area contributed by atoms with Gasteiger partial charge in [0, 0.05) is 13.0 Å². The summed E-state index contributed by atoms with van der Waals surface area (Å²) in [5.41, 5.74) is 1.37. The van der Waals surface area contributed by atoms with Gasteiger partial charge in [0.15, 0.2) is 0 Å². The third-order valence-electron chi connectivity index (χ3n) is 4.42. The van der Waals surface area contributed by atoms with Gasteiger partial charge in [-0.2, -0.15) is 0 Å². The van der Waals surface area contributed by atoms with Crippen LogP contribution >= 0.6 is 0 Å². The first kappa shape index (κ1) is 15.3. The van der Waals surface area contributed by atoms with Crippen molar-refractivity contribution >= 4 is 17.8 Å². The standard InChI is InChI=1S/C17H19N3O3/c1-2-9-18-14(21)11-20-15(22)17(19-16(20)23)8-7-12-5-3-4-6-13(12)10-17/h2-6H,1,7-11H2,(H,18,21)(H,19,23). The lowest BCUT2D eigenvalue weighted by Gasteiger charge is -2.32. The molecule has 3 rings (SSSR count). The van der Waals surface area contributed by atoms with E-state index in [1.165, 1.54) is 5.56 Å². The van der Waals surface area contributed by atoms with Crippen molar-refractivity contribution in [1.29, 1.82) is 0 Å². The maximum atomic E-state index is 12.8. The molecule has 1 aliphatic heterocycles. The maximum Gasteiger partial charge on any atom is 0.325 e. The van der Waals surface area contributed by atoms with E-state index < -0.39 is 11.6 Å². The Morgan fingerprint density at radius 2 is 2.09 bits per heavy atom. The summed E-state index contributed by atoms with van der Waals surface area (Å²) in [5, 5.41) is 5.39. The summed E-state index contributed by atoms with van der Waals surface area (Å²) in [6, 6.07) is 7.43. The first-order valence-electron chi connectivity index (χ1n) is 7.64. The lowest BCUT2D eigenvalue weighted by atomic mass is 9.78. The van der Waals surface area contributed by atoms with Crippen molar-refractivity contribution in [2.75, 3.05) is 13.1 Å². The van der Waals surface area contributed by atoms with Gasteiger partial charge >= 0.3 is 6.03 Å². The van der Waals surface area contributed by atoms with Gasteiger partial charge in [0.2, 0.25) is 5.91 Å². The molecule has 6 nitrogen and oxygen atoms in total. The Labute approximate surface area is 134 Å². The van der Waals surface area contributed by atoms with Gasteiger partial charge in [-0.3, -0.25) is 14.5 Å². The number of benzene rings is 1. The number of carbonyl (C=O) groups excluding carboxylic acids is 3. The predicted octanol–water partition coefficient (Wildman–Crippen LogP) is 0.768. The zero-order valence-electron chi connectivity index (χ0n) is 12.8. The summed E-state index contributed by atoms with van der Waals surface area (Å²) in [6.45, 7) is 3.55. The van der Waals surface area contributed by atoms with Gasteiger partial charge in [-0.25, -0.2) is 4.79 Å². The predicted molar refractivity (Wildman–Crippen MR) is 84.6 cm³/mol. The van der Waals surface area contributed by atoms with Crippen LogP contribution in [0.15, 0.2) is 36.9 Å². The molecule has 1 saturated heterocycles. The number of hydrogen-bond donors (Lipinski definition) is 2. The highest BCUT2D eigenvalue weighted by Gasteiger charge is 2.52. The molecule has 1 aromatic rings. The summed E-state index contributed by atoms with van der Waals surface area (Å²) in [4.78, 5) is 37.7. The van der Waals surface area contributed by atoms with Gasteiger partial charge in [-0.05, 0) is 24.0 Å². The number of rotatable bonds is 4. The quantitative estimate of drug-likeness (QED) is 0.636. The molecular weight excluding hydrogens is 294 g/mol. The number of nitrogens with one attached hydrogen (secondary N) is 2. The van der Waals surface area contributed by atoms with Crippen molar-refractivity contribution in [3.8, 4) is 0 Å². The minimum atomic E-state index is -0.913. The van der Waals surface area contributed by atoms with E-state index in [-0.39, 0.29) is 18.4 Å². The highest BCUT2D eigenvalue weighted by Crippen LogP contribution is 2.33. The third kappa shape index (κ3) is 2.72. The van der Waals surface area contributed by atoms with Gasteiger partial charge in [0.05, 0.1) is 0 Å². The number of carbonyl (C=O) groups is 3. The molecule has 2 aliphatic rings. The van der Waals surface area contributed by atoms with Crippen molar-refractivity contribution in [2.24, 2.45) is 0 Å². The molecule has 120 valence electrons. The monoisotopic (exact) mass is 313 g/mol. The largest absolute Gasteiger partial charge is 0.351 e. The number of nitrogens with zero attached hydrogens (tertiary/aromatic N) is 1. The maximum absolute atomic E-state index is 12.8. The Kier molecular flexibility index (Phi) is 3.90. The minimum absolute atomic E-state index is 0.262. The summed E-state index contributed by atoms with van der Waals surface area (Å²) in [6.07, 6.45) is 3.31. The molecule has 2 N–H and O–H groups in total. The number of imide groups is 1. The Bertz CT molecular complexity index is 685. The van der Waals surface area contributed by atoms with E-state index >= 15 is 0 Å². The van der Waals surface area contributed by atoms with Crippen molar-refractivity contribution in [3.05, 3.63) is 48.0 Å².